The zero-order valence-electron chi connectivity index (χ0n) is 9.79. The van der Waals surface area contributed by atoms with Gasteiger partial charge < -0.3 is 14.2 Å². The van der Waals surface area contributed by atoms with Gasteiger partial charge in [0.2, 0.25) is 5.88 Å². The maximum Gasteiger partial charge on any atom is 0.574 e. The van der Waals surface area contributed by atoms with E-state index in [0.717, 1.165) is 13.3 Å². The van der Waals surface area contributed by atoms with Crippen LogP contribution in [0.15, 0.2) is 6.20 Å². The number of halogens is 3. The summed E-state index contributed by atoms with van der Waals surface area (Å²) in [4.78, 5) is 14.9. The Labute approximate surface area is 100 Å². The third-order valence-corrected chi connectivity index (χ3v) is 2.06. The van der Waals surface area contributed by atoms with Crippen molar-refractivity contribution in [2.24, 2.45) is 0 Å². The van der Waals surface area contributed by atoms with E-state index in [-0.39, 0.29) is 16.9 Å². The van der Waals surface area contributed by atoms with Crippen LogP contribution in [-0.4, -0.2) is 31.5 Å². The topological polar surface area (TPSA) is 57.7 Å². The van der Waals surface area contributed by atoms with Gasteiger partial charge in [-0.2, -0.15) is 0 Å². The number of ether oxygens (including phenoxy) is 3. The van der Waals surface area contributed by atoms with Gasteiger partial charge in [-0.15, -0.1) is 13.2 Å². The molecule has 0 aliphatic rings. The molecule has 0 aliphatic heterocycles. The first kappa shape index (κ1) is 14.1. The molecule has 0 N–H and O–H groups in total. The summed E-state index contributed by atoms with van der Waals surface area (Å²) < 4.78 is 49.3. The largest absolute Gasteiger partial charge is 0.574 e. The second-order valence-electron chi connectivity index (χ2n) is 3.17. The molecule has 0 unspecified atom stereocenters. The van der Waals surface area contributed by atoms with Crippen LogP contribution in [0.3, 0.4) is 0 Å². The van der Waals surface area contributed by atoms with Crippen molar-refractivity contribution in [3.63, 3.8) is 0 Å². The van der Waals surface area contributed by atoms with Gasteiger partial charge in [-0.1, -0.05) is 0 Å². The smallest absolute Gasteiger partial charge is 0.494 e. The van der Waals surface area contributed by atoms with Crippen molar-refractivity contribution in [3.8, 4) is 11.6 Å². The van der Waals surface area contributed by atoms with E-state index in [4.69, 9.17) is 4.74 Å². The van der Waals surface area contributed by atoms with Crippen molar-refractivity contribution in [2.75, 3.05) is 14.2 Å². The number of hydrogen-bond donors (Lipinski definition) is 0. The molecule has 0 amide bonds. The maximum atomic E-state index is 12.1. The number of carbonyl (C=O) groups excluding carboxylic acids is 1. The van der Waals surface area contributed by atoms with Gasteiger partial charge in [0.15, 0.2) is 5.75 Å². The van der Waals surface area contributed by atoms with Gasteiger partial charge in [0.1, 0.15) is 5.56 Å². The minimum atomic E-state index is -4.89. The number of methoxy groups -OCH3 is 2. The molecule has 0 saturated heterocycles. The van der Waals surface area contributed by atoms with E-state index in [2.05, 4.69) is 14.5 Å². The second-order valence-corrected chi connectivity index (χ2v) is 3.17. The molecule has 0 atom stereocenters. The van der Waals surface area contributed by atoms with E-state index in [0.29, 0.717) is 0 Å². The van der Waals surface area contributed by atoms with Crippen LogP contribution in [0.2, 0.25) is 0 Å². The predicted octanol–water partition coefficient (Wildman–Crippen LogP) is 2.08. The molecular formula is C10H10F3NO4. The summed E-state index contributed by atoms with van der Waals surface area (Å²) >= 11 is 0. The van der Waals surface area contributed by atoms with Crippen molar-refractivity contribution in [2.45, 2.75) is 13.3 Å². The van der Waals surface area contributed by atoms with Crippen molar-refractivity contribution >= 4 is 5.97 Å². The first-order valence-corrected chi connectivity index (χ1v) is 4.67. The Morgan fingerprint density at radius 2 is 1.94 bits per heavy atom. The van der Waals surface area contributed by atoms with Crippen LogP contribution >= 0.6 is 0 Å². The number of esters is 1. The Bertz CT molecular complexity index is 459. The molecule has 0 fully saturated rings. The van der Waals surface area contributed by atoms with E-state index in [1.165, 1.54) is 14.0 Å². The van der Waals surface area contributed by atoms with Gasteiger partial charge >= 0.3 is 12.3 Å². The van der Waals surface area contributed by atoms with Gasteiger partial charge in [0.05, 0.1) is 20.4 Å². The van der Waals surface area contributed by atoms with Crippen LogP contribution < -0.4 is 9.47 Å². The normalized spacial score (nSPS) is 11.0. The van der Waals surface area contributed by atoms with Crippen LogP contribution in [0.25, 0.3) is 0 Å². The number of carbonyl (C=O) groups is 1. The fourth-order valence-corrected chi connectivity index (χ4v) is 1.29. The lowest BCUT2D eigenvalue weighted by Gasteiger charge is -2.14. The molecule has 1 heterocycles. The molecule has 8 heteroatoms. The molecular weight excluding hydrogens is 255 g/mol. The van der Waals surface area contributed by atoms with Gasteiger partial charge in [-0.25, -0.2) is 9.78 Å². The van der Waals surface area contributed by atoms with Gasteiger partial charge in [0.25, 0.3) is 0 Å². The molecule has 0 aromatic carbocycles. The van der Waals surface area contributed by atoms with Gasteiger partial charge in [-0.05, 0) is 6.92 Å². The van der Waals surface area contributed by atoms with Crippen LogP contribution in [-0.2, 0) is 4.74 Å². The standard InChI is InChI=1S/C10H10F3NO4/c1-5-7(9(15)17-3)6(16-2)4-14-8(5)18-10(11,12)13/h4H,1-3H3. The average molecular weight is 265 g/mol. The van der Waals surface area contributed by atoms with Crippen molar-refractivity contribution in [1.29, 1.82) is 0 Å². The van der Waals surface area contributed by atoms with E-state index < -0.39 is 18.2 Å². The van der Waals surface area contributed by atoms with E-state index in [1.54, 1.807) is 0 Å². The summed E-state index contributed by atoms with van der Waals surface area (Å²) in [6.07, 6.45) is -3.93. The third-order valence-electron chi connectivity index (χ3n) is 2.06. The average Bonchev–Trinajstić information content (AvgIpc) is 2.29. The highest BCUT2D eigenvalue weighted by Crippen LogP contribution is 2.31. The lowest BCUT2D eigenvalue weighted by molar-refractivity contribution is -0.276. The van der Waals surface area contributed by atoms with E-state index in [9.17, 15) is 18.0 Å². The highest BCUT2D eigenvalue weighted by Gasteiger charge is 2.34. The van der Waals surface area contributed by atoms with Crippen LogP contribution in [0.4, 0.5) is 13.2 Å². The summed E-state index contributed by atoms with van der Waals surface area (Å²) in [6.45, 7) is 1.25. The monoisotopic (exact) mass is 265 g/mol. The molecule has 0 spiro atoms. The fourth-order valence-electron chi connectivity index (χ4n) is 1.29. The van der Waals surface area contributed by atoms with Crippen molar-refractivity contribution < 1.29 is 32.2 Å². The SMILES string of the molecule is COC(=O)c1c(OC)cnc(OC(F)(F)F)c1C. The lowest BCUT2D eigenvalue weighted by Crippen LogP contribution is -2.20. The van der Waals surface area contributed by atoms with Gasteiger partial charge in [0, 0.05) is 5.56 Å². The number of pyridine rings is 1. The summed E-state index contributed by atoms with van der Waals surface area (Å²) in [5, 5.41) is 0. The fraction of sp³-hybridized carbons (Fsp3) is 0.400. The molecule has 1 aromatic rings. The molecule has 0 radical (unpaired) electrons. The number of nitrogens with zero attached hydrogens (tertiary/aromatic N) is 1. The summed E-state index contributed by atoms with van der Waals surface area (Å²) in [7, 11) is 2.36. The Hall–Kier alpha value is -1.99. The molecule has 100 valence electrons. The highest BCUT2D eigenvalue weighted by molar-refractivity contribution is 5.94. The molecule has 18 heavy (non-hydrogen) atoms. The maximum absolute atomic E-state index is 12.1. The molecule has 0 aliphatic carbocycles. The quantitative estimate of drug-likeness (QED) is 0.783. The number of alkyl halides is 3. The van der Waals surface area contributed by atoms with Gasteiger partial charge in [-0.3, -0.25) is 0 Å². The lowest BCUT2D eigenvalue weighted by atomic mass is 10.1. The zero-order valence-corrected chi connectivity index (χ0v) is 9.79. The van der Waals surface area contributed by atoms with E-state index >= 15 is 0 Å². The molecule has 1 aromatic heterocycles. The first-order valence-electron chi connectivity index (χ1n) is 4.67. The first-order chi connectivity index (χ1) is 8.30. The van der Waals surface area contributed by atoms with Crippen LogP contribution in [0, 0.1) is 6.92 Å². The highest BCUT2D eigenvalue weighted by atomic mass is 19.4. The summed E-state index contributed by atoms with van der Waals surface area (Å²) in [5.41, 5.74) is -0.271. The zero-order chi connectivity index (χ0) is 13.9. The Morgan fingerprint density at radius 3 is 2.39 bits per heavy atom. The molecule has 0 saturated carbocycles. The molecule has 5 nitrogen and oxygen atoms in total. The minimum absolute atomic E-state index is 0.00822. The summed E-state index contributed by atoms with van der Waals surface area (Å²) in [6, 6.07) is 0. The minimum Gasteiger partial charge on any atom is -0.494 e. The van der Waals surface area contributed by atoms with E-state index in [1.807, 2.05) is 0 Å². The Morgan fingerprint density at radius 1 is 1.33 bits per heavy atom. The Kier molecular flexibility index (Phi) is 4.00. The number of rotatable bonds is 3. The second kappa shape index (κ2) is 5.11. The number of aromatic nitrogens is 1. The van der Waals surface area contributed by atoms with Crippen molar-refractivity contribution in [1.82, 2.24) is 4.98 Å². The molecule has 1 rings (SSSR count). The van der Waals surface area contributed by atoms with Crippen molar-refractivity contribution in [3.05, 3.63) is 17.3 Å². The Balaban J connectivity index is 3.30. The van der Waals surface area contributed by atoms with Crippen LogP contribution in [0.5, 0.6) is 11.6 Å². The van der Waals surface area contributed by atoms with Crippen LogP contribution in [0.1, 0.15) is 15.9 Å². The summed E-state index contributed by atoms with van der Waals surface area (Å²) in [5.74, 6) is -1.55. The predicted molar refractivity (Wildman–Crippen MR) is 53.5 cm³/mol. The molecule has 0 bridgehead atoms. The number of hydrogen-bond acceptors (Lipinski definition) is 5. The third kappa shape index (κ3) is 3.02.